The molecule has 3 aromatic carbocycles. The number of aromatic nitrogens is 2. The van der Waals surface area contributed by atoms with Gasteiger partial charge in [0.25, 0.3) is 0 Å². The van der Waals surface area contributed by atoms with Crippen LogP contribution in [0.3, 0.4) is 0 Å². The van der Waals surface area contributed by atoms with Crippen LogP contribution in [0.25, 0.3) is 34.7 Å². The lowest BCUT2D eigenvalue weighted by molar-refractivity contribution is -0.141. The summed E-state index contributed by atoms with van der Waals surface area (Å²) in [5.41, 5.74) is 12.0. The van der Waals surface area contributed by atoms with Crippen molar-refractivity contribution >= 4 is 24.0 Å². The highest BCUT2D eigenvalue weighted by Gasteiger charge is 2.30. The molecule has 0 radical (unpaired) electrons. The summed E-state index contributed by atoms with van der Waals surface area (Å²) in [5, 5.41) is 12.5. The second-order valence-electron chi connectivity index (χ2n) is 14.7. The second-order valence-corrected chi connectivity index (χ2v) is 14.7. The number of nitrogens with zero attached hydrogens (tertiary/aromatic N) is 4. The number of nitrogens with one attached hydrogen (secondary N) is 1. The van der Waals surface area contributed by atoms with Crippen LogP contribution in [0.4, 0.5) is 0 Å². The Bertz CT molecular complexity index is 2060. The second kappa shape index (κ2) is 15.5. The van der Waals surface area contributed by atoms with Gasteiger partial charge in [-0.3, -0.25) is 19.4 Å². The number of hydrogen-bond acceptors (Lipinski definition) is 8. The van der Waals surface area contributed by atoms with Crippen molar-refractivity contribution in [2.24, 2.45) is 5.92 Å². The lowest BCUT2D eigenvalue weighted by Crippen LogP contribution is -2.41. The average Bonchev–Trinajstić information content (AvgIpc) is 3.80. The van der Waals surface area contributed by atoms with E-state index in [1.807, 2.05) is 0 Å². The highest BCUT2D eigenvalue weighted by Crippen LogP contribution is 2.36. The molecule has 2 saturated heterocycles. The van der Waals surface area contributed by atoms with Crippen LogP contribution in [-0.2, 0) is 29.1 Å². The third-order valence-corrected chi connectivity index (χ3v) is 11.2. The zero-order chi connectivity index (χ0) is 37.2. The third-order valence-electron chi connectivity index (χ3n) is 11.2. The number of carboxylic acid groups (broad SMARTS) is 1. The lowest BCUT2D eigenvalue weighted by atomic mass is 9.91. The number of carboxylic acids is 1. The lowest BCUT2D eigenvalue weighted by Gasteiger charge is -2.31. The number of likely N-dealkylation sites (tertiary alicyclic amines) is 1. The van der Waals surface area contributed by atoms with Crippen LogP contribution in [0, 0.1) is 26.7 Å². The summed E-state index contributed by atoms with van der Waals surface area (Å²) < 4.78 is 11.7. The van der Waals surface area contributed by atoms with Gasteiger partial charge in [-0.15, -0.1) is 0 Å². The predicted molar refractivity (Wildman–Crippen MR) is 207 cm³/mol. The van der Waals surface area contributed by atoms with Crippen molar-refractivity contribution in [3.05, 3.63) is 93.2 Å². The molecular formula is C43H49N5O5. The van der Waals surface area contributed by atoms with Crippen LogP contribution < -0.4 is 14.8 Å². The van der Waals surface area contributed by atoms with Gasteiger partial charge in [-0.2, -0.15) is 4.98 Å². The number of aliphatic carboxylic acids is 1. The maximum absolute atomic E-state index is 11.7. The SMILES string of the molecule is COc1cc(/C=C/c2cccc(-c3cccc(-c4nc5c(c(OC)n4)CN(C[C@@H]4CCC(=O)N4)CC5)c3C)c2C)c(C)cc1CN1CC[C@@H](C(=O)O)C1. The molecule has 4 aromatic rings. The fourth-order valence-electron chi connectivity index (χ4n) is 8.16. The first-order chi connectivity index (χ1) is 25.6. The largest absolute Gasteiger partial charge is 0.496 e. The van der Waals surface area contributed by atoms with Gasteiger partial charge in [0.1, 0.15) is 5.75 Å². The molecule has 2 N–H and O–H groups in total. The fraction of sp³-hybridized carbons (Fsp3) is 0.395. The summed E-state index contributed by atoms with van der Waals surface area (Å²) in [5.74, 6) is 1.21. The van der Waals surface area contributed by atoms with Crippen LogP contribution in [0.2, 0.25) is 0 Å². The molecule has 1 amide bonds. The van der Waals surface area contributed by atoms with Crippen molar-refractivity contribution in [1.82, 2.24) is 25.1 Å². The third kappa shape index (κ3) is 7.70. The molecule has 7 rings (SSSR count). The number of amides is 1. The summed E-state index contributed by atoms with van der Waals surface area (Å²) in [6, 6.07) is 17.2. The fourth-order valence-corrected chi connectivity index (χ4v) is 8.16. The van der Waals surface area contributed by atoms with E-state index in [0.29, 0.717) is 44.2 Å². The molecule has 3 aliphatic rings. The van der Waals surface area contributed by atoms with E-state index in [4.69, 9.17) is 19.4 Å². The molecule has 3 aliphatic heterocycles. The maximum atomic E-state index is 11.7. The summed E-state index contributed by atoms with van der Waals surface area (Å²) in [6.07, 6.45) is 7.27. The first-order valence-corrected chi connectivity index (χ1v) is 18.6. The van der Waals surface area contributed by atoms with E-state index in [2.05, 4.69) is 96.6 Å². The number of aryl methyl sites for hydroxylation is 1. The number of carbonyl (C=O) groups excluding carboxylic acids is 1. The Morgan fingerprint density at radius 1 is 0.906 bits per heavy atom. The Morgan fingerprint density at radius 3 is 2.38 bits per heavy atom. The number of carbonyl (C=O) groups is 2. The Labute approximate surface area is 311 Å². The Hall–Kier alpha value is -5.06. The minimum atomic E-state index is -0.718. The molecule has 4 heterocycles. The van der Waals surface area contributed by atoms with Crippen LogP contribution in [-0.4, -0.2) is 83.2 Å². The Kier molecular flexibility index (Phi) is 10.6. The van der Waals surface area contributed by atoms with Gasteiger partial charge in [-0.05, 0) is 85.2 Å². The molecule has 0 unspecified atom stereocenters. The minimum absolute atomic E-state index is 0.140. The summed E-state index contributed by atoms with van der Waals surface area (Å²) in [6.45, 7) is 10.8. The highest BCUT2D eigenvalue weighted by molar-refractivity contribution is 5.82. The quantitative estimate of drug-likeness (QED) is 0.169. The molecule has 1 aromatic heterocycles. The number of rotatable bonds is 11. The number of benzene rings is 3. The van der Waals surface area contributed by atoms with Crippen LogP contribution in [0.1, 0.15) is 63.9 Å². The van der Waals surface area contributed by atoms with Gasteiger partial charge in [0.05, 0.1) is 25.8 Å². The molecule has 10 nitrogen and oxygen atoms in total. The zero-order valence-corrected chi connectivity index (χ0v) is 31.4. The van der Waals surface area contributed by atoms with Crippen LogP contribution in [0.5, 0.6) is 11.6 Å². The number of ether oxygens (including phenoxy) is 2. The van der Waals surface area contributed by atoms with Gasteiger partial charge < -0.3 is 19.9 Å². The molecule has 10 heteroatoms. The predicted octanol–water partition coefficient (Wildman–Crippen LogP) is 6.47. The van der Waals surface area contributed by atoms with E-state index >= 15 is 0 Å². The van der Waals surface area contributed by atoms with Gasteiger partial charge in [-0.25, -0.2) is 4.98 Å². The van der Waals surface area contributed by atoms with Crippen LogP contribution in [0.15, 0.2) is 48.5 Å². The van der Waals surface area contributed by atoms with E-state index in [1.165, 1.54) is 5.56 Å². The molecule has 2 atom stereocenters. The summed E-state index contributed by atoms with van der Waals surface area (Å²) in [7, 11) is 3.36. The first kappa shape index (κ1) is 36.3. The van der Waals surface area contributed by atoms with E-state index in [0.717, 1.165) is 94.0 Å². The van der Waals surface area contributed by atoms with Crippen molar-refractivity contribution in [3.8, 4) is 34.1 Å². The molecule has 2 fully saturated rings. The average molecular weight is 716 g/mol. The summed E-state index contributed by atoms with van der Waals surface area (Å²) >= 11 is 0. The van der Waals surface area contributed by atoms with Crippen molar-refractivity contribution < 1.29 is 24.2 Å². The van der Waals surface area contributed by atoms with E-state index in [-0.39, 0.29) is 17.9 Å². The van der Waals surface area contributed by atoms with E-state index in [1.54, 1.807) is 14.2 Å². The first-order valence-electron chi connectivity index (χ1n) is 18.6. The maximum Gasteiger partial charge on any atom is 0.307 e. The van der Waals surface area contributed by atoms with Gasteiger partial charge in [0, 0.05) is 68.3 Å². The number of fused-ring (bicyclic) bond motifs is 1. The monoisotopic (exact) mass is 715 g/mol. The zero-order valence-electron chi connectivity index (χ0n) is 31.4. The Morgan fingerprint density at radius 2 is 1.66 bits per heavy atom. The van der Waals surface area contributed by atoms with Gasteiger partial charge in [-0.1, -0.05) is 54.6 Å². The number of methoxy groups -OCH3 is 2. The number of hydrogen-bond donors (Lipinski definition) is 2. The molecule has 0 spiro atoms. The minimum Gasteiger partial charge on any atom is -0.496 e. The van der Waals surface area contributed by atoms with Crippen LogP contribution >= 0.6 is 0 Å². The van der Waals surface area contributed by atoms with E-state index in [9.17, 15) is 14.7 Å². The van der Waals surface area contributed by atoms with Gasteiger partial charge in [0.2, 0.25) is 11.8 Å². The topological polar surface area (TPSA) is 117 Å². The smallest absolute Gasteiger partial charge is 0.307 e. The molecule has 0 bridgehead atoms. The van der Waals surface area contributed by atoms with Crippen molar-refractivity contribution in [1.29, 1.82) is 0 Å². The normalized spacial score (nSPS) is 19.1. The molecule has 53 heavy (non-hydrogen) atoms. The van der Waals surface area contributed by atoms with Crippen molar-refractivity contribution in [3.63, 3.8) is 0 Å². The van der Waals surface area contributed by atoms with E-state index < -0.39 is 5.97 Å². The molecule has 0 aliphatic carbocycles. The highest BCUT2D eigenvalue weighted by atomic mass is 16.5. The van der Waals surface area contributed by atoms with Gasteiger partial charge in [0.15, 0.2) is 5.82 Å². The van der Waals surface area contributed by atoms with Crippen molar-refractivity contribution in [2.75, 3.05) is 40.4 Å². The standard InChI is InChI=1S/C43H49N5O5/c1-26-20-32(23-47-18-16-31(22-47)43(50)51)39(52-4)21-30(26)13-12-29-8-6-9-34(27(29)2)35-10-7-11-36(28(35)3)41-45-38-17-19-48(24-33-14-15-40(49)44-33)25-37(38)42(46-41)53-5/h6-13,20-21,31,33H,14-19,22-25H2,1-5H3,(H,44,49)(H,50,51)/b13-12+/t31-,33+/m1/s1. The molecule has 276 valence electrons. The molecule has 0 saturated carbocycles. The van der Waals surface area contributed by atoms with Gasteiger partial charge >= 0.3 is 5.97 Å². The molecular weight excluding hydrogens is 667 g/mol. The summed E-state index contributed by atoms with van der Waals surface area (Å²) in [4.78, 5) is 37.8. The Balaban J connectivity index is 1.12. The van der Waals surface area contributed by atoms with Crippen molar-refractivity contribution in [2.45, 2.75) is 65.6 Å².